The van der Waals surface area contributed by atoms with Crippen LogP contribution in [0.25, 0.3) is 0 Å². The Bertz CT molecular complexity index is 514. The summed E-state index contributed by atoms with van der Waals surface area (Å²) < 4.78 is 20.2. The fourth-order valence-electron chi connectivity index (χ4n) is 2.51. The first-order valence-corrected chi connectivity index (χ1v) is 8.70. The predicted octanol–water partition coefficient (Wildman–Crippen LogP) is 2.17. The monoisotopic (exact) mass is 297 g/mol. The van der Waals surface area contributed by atoms with Crippen LogP contribution < -0.4 is 10.0 Å². The molecule has 1 aliphatic heterocycles. The van der Waals surface area contributed by atoms with E-state index in [0.717, 1.165) is 23.9 Å². The minimum atomic E-state index is -2.77. The van der Waals surface area contributed by atoms with E-state index in [9.17, 15) is 9.36 Å². The first kappa shape index (κ1) is 15.1. The number of hydrogen-bond donors (Lipinski definition) is 1. The summed E-state index contributed by atoms with van der Waals surface area (Å²) in [4.78, 5) is 10.9. The lowest BCUT2D eigenvalue weighted by molar-refractivity contribution is -0.137. The van der Waals surface area contributed by atoms with Crippen molar-refractivity contribution in [1.29, 1.82) is 0 Å². The molecule has 1 aromatic carbocycles. The van der Waals surface area contributed by atoms with Crippen molar-refractivity contribution in [2.45, 2.75) is 19.8 Å². The van der Waals surface area contributed by atoms with Gasteiger partial charge in [-0.25, -0.2) is 4.67 Å². The third-order valence-electron chi connectivity index (χ3n) is 3.45. The largest absolute Gasteiger partial charge is 0.494 e. The van der Waals surface area contributed by atoms with E-state index in [1.54, 1.807) is 28.9 Å². The standard InChI is InChI=1S/C14H20NO4P/c1-2-19-12-5-7-13(8-6-12)20(18)10-4-3-9-15(20)11-14(16)17/h5-8H,2-4,9-11H2,1H3,(H,16,17). The number of carbonyl (C=O) groups is 1. The van der Waals surface area contributed by atoms with Crippen LogP contribution in [0.4, 0.5) is 0 Å². The highest BCUT2D eigenvalue weighted by Crippen LogP contribution is 2.51. The molecule has 1 atom stereocenters. The maximum atomic E-state index is 13.2. The van der Waals surface area contributed by atoms with Crippen LogP contribution in [0.1, 0.15) is 19.8 Å². The molecule has 1 heterocycles. The van der Waals surface area contributed by atoms with Crippen molar-refractivity contribution in [1.82, 2.24) is 4.67 Å². The van der Waals surface area contributed by atoms with Crippen molar-refractivity contribution in [3.05, 3.63) is 24.3 Å². The average Bonchev–Trinajstić information content (AvgIpc) is 2.42. The Morgan fingerprint density at radius 1 is 1.35 bits per heavy atom. The second kappa shape index (κ2) is 6.42. The number of ether oxygens (including phenoxy) is 1. The lowest BCUT2D eigenvalue weighted by atomic mass is 10.3. The summed E-state index contributed by atoms with van der Waals surface area (Å²) in [5.41, 5.74) is 0. The lowest BCUT2D eigenvalue weighted by Gasteiger charge is -2.34. The third kappa shape index (κ3) is 3.22. The summed E-state index contributed by atoms with van der Waals surface area (Å²) in [5, 5.41) is 9.70. The van der Waals surface area contributed by atoms with Gasteiger partial charge >= 0.3 is 5.97 Å². The van der Waals surface area contributed by atoms with Gasteiger partial charge in [0.1, 0.15) is 12.3 Å². The molecule has 0 aliphatic carbocycles. The molecule has 110 valence electrons. The minimum Gasteiger partial charge on any atom is -0.494 e. The first-order chi connectivity index (χ1) is 9.56. The molecule has 0 amide bonds. The number of rotatable bonds is 5. The molecular formula is C14H20NO4P. The van der Waals surface area contributed by atoms with E-state index in [4.69, 9.17) is 9.84 Å². The van der Waals surface area contributed by atoms with Crippen molar-refractivity contribution in [2.75, 3.05) is 25.9 Å². The van der Waals surface area contributed by atoms with Crippen LogP contribution in [-0.4, -0.2) is 41.6 Å². The summed E-state index contributed by atoms with van der Waals surface area (Å²) in [6.07, 6.45) is 2.32. The molecule has 0 spiro atoms. The lowest BCUT2D eigenvalue weighted by Crippen LogP contribution is -2.36. The fourth-order valence-corrected chi connectivity index (χ4v) is 5.46. The molecule has 1 unspecified atom stereocenters. The van der Waals surface area contributed by atoms with Gasteiger partial charge in [0, 0.05) is 18.0 Å². The van der Waals surface area contributed by atoms with Gasteiger partial charge in [0.2, 0.25) is 0 Å². The first-order valence-electron chi connectivity index (χ1n) is 6.86. The fraction of sp³-hybridized carbons (Fsp3) is 0.500. The third-order valence-corrected chi connectivity index (χ3v) is 6.74. The van der Waals surface area contributed by atoms with E-state index in [-0.39, 0.29) is 6.54 Å². The van der Waals surface area contributed by atoms with E-state index in [1.165, 1.54) is 0 Å². The highest BCUT2D eigenvalue weighted by Gasteiger charge is 2.35. The van der Waals surface area contributed by atoms with Crippen molar-refractivity contribution in [3.8, 4) is 5.75 Å². The summed E-state index contributed by atoms with van der Waals surface area (Å²) in [5.74, 6) is -0.192. The number of benzene rings is 1. The molecular weight excluding hydrogens is 277 g/mol. The molecule has 6 heteroatoms. The van der Waals surface area contributed by atoms with Gasteiger partial charge in [0.05, 0.1) is 6.61 Å². The van der Waals surface area contributed by atoms with Crippen molar-refractivity contribution in [2.24, 2.45) is 0 Å². The molecule has 0 radical (unpaired) electrons. The van der Waals surface area contributed by atoms with Crippen LogP contribution in [-0.2, 0) is 9.36 Å². The highest BCUT2D eigenvalue weighted by molar-refractivity contribution is 7.69. The Balaban J connectivity index is 2.25. The maximum Gasteiger partial charge on any atom is 0.318 e. The summed E-state index contributed by atoms with van der Waals surface area (Å²) in [6, 6.07) is 7.19. The number of nitrogens with zero attached hydrogens (tertiary/aromatic N) is 1. The van der Waals surface area contributed by atoms with Crippen LogP contribution in [0.5, 0.6) is 5.75 Å². The molecule has 0 saturated carbocycles. The van der Waals surface area contributed by atoms with Crippen LogP contribution in [0.15, 0.2) is 24.3 Å². The van der Waals surface area contributed by atoms with E-state index in [1.807, 2.05) is 6.92 Å². The zero-order valence-electron chi connectivity index (χ0n) is 11.6. The molecule has 1 fully saturated rings. The van der Waals surface area contributed by atoms with Crippen molar-refractivity contribution >= 4 is 18.6 Å². The Kier molecular flexibility index (Phi) is 4.84. The zero-order valence-corrected chi connectivity index (χ0v) is 12.5. The number of carboxylic acid groups (broad SMARTS) is 1. The van der Waals surface area contributed by atoms with Gasteiger partial charge in [-0.3, -0.25) is 4.79 Å². The van der Waals surface area contributed by atoms with Gasteiger partial charge in [0.25, 0.3) is 0 Å². The SMILES string of the molecule is CCOc1ccc(P2(=O)CCCCN2CC(=O)O)cc1. The quantitative estimate of drug-likeness (QED) is 0.844. The summed E-state index contributed by atoms with van der Waals surface area (Å²) >= 11 is 0. The smallest absolute Gasteiger partial charge is 0.318 e. The Labute approximate surface area is 119 Å². The second-order valence-corrected chi connectivity index (χ2v) is 7.77. The van der Waals surface area contributed by atoms with Crippen molar-refractivity contribution in [3.63, 3.8) is 0 Å². The van der Waals surface area contributed by atoms with E-state index in [0.29, 0.717) is 19.3 Å². The molecule has 5 nitrogen and oxygen atoms in total. The number of aliphatic carboxylic acids is 1. The number of hydrogen-bond acceptors (Lipinski definition) is 3. The molecule has 1 aliphatic rings. The highest BCUT2D eigenvalue weighted by atomic mass is 31.2. The van der Waals surface area contributed by atoms with Gasteiger partial charge in [0.15, 0.2) is 7.29 Å². The van der Waals surface area contributed by atoms with Crippen LogP contribution in [0.2, 0.25) is 0 Å². The van der Waals surface area contributed by atoms with Crippen LogP contribution >= 0.6 is 7.29 Å². The van der Waals surface area contributed by atoms with E-state index < -0.39 is 13.3 Å². The zero-order chi connectivity index (χ0) is 14.6. The molecule has 1 N–H and O–H groups in total. The Hall–Kier alpha value is -1.32. The average molecular weight is 297 g/mol. The topological polar surface area (TPSA) is 66.8 Å². The molecule has 0 aromatic heterocycles. The van der Waals surface area contributed by atoms with E-state index in [2.05, 4.69) is 0 Å². The molecule has 2 rings (SSSR count). The van der Waals surface area contributed by atoms with Gasteiger partial charge in [-0.2, -0.15) is 0 Å². The predicted molar refractivity (Wildman–Crippen MR) is 78.2 cm³/mol. The minimum absolute atomic E-state index is 0.162. The van der Waals surface area contributed by atoms with Crippen LogP contribution in [0, 0.1) is 0 Å². The molecule has 1 saturated heterocycles. The van der Waals surface area contributed by atoms with Gasteiger partial charge in [-0.05, 0) is 44.0 Å². The normalized spacial score (nSPS) is 23.4. The summed E-state index contributed by atoms with van der Waals surface area (Å²) in [6.45, 7) is 2.91. The Morgan fingerprint density at radius 3 is 2.65 bits per heavy atom. The van der Waals surface area contributed by atoms with Gasteiger partial charge in [-0.15, -0.1) is 0 Å². The van der Waals surface area contributed by atoms with Gasteiger partial charge in [-0.1, -0.05) is 0 Å². The number of carboxylic acids is 1. The Morgan fingerprint density at radius 2 is 2.05 bits per heavy atom. The van der Waals surface area contributed by atoms with Crippen molar-refractivity contribution < 1.29 is 19.2 Å². The molecule has 0 bridgehead atoms. The van der Waals surface area contributed by atoms with Gasteiger partial charge < -0.3 is 14.4 Å². The molecule has 20 heavy (non-hydrogen) atoms. The summed E-state index contributed by atoms with van der Waals surface area (Å²) in [7, 11) is -2.77. The second-order valence-electron chi connectivity index (χ2n) is 4.84. The van der Waals surface area contributed by atoms with E-state index >= 15 is 0 Å². The molecule has 1 aromatic rings. The van der Waals surface area contributed by atoms with Crippen LogP contribution in [0.3, 0.4) is 0 Å². The maximum absolute atomic E-state index is 13.2.